The molecule has 0 bridgehead atoms. The molecule has 22 heavy (non-hydrogen) atoms. The molecule has 1 amide bonds. The largest absolute Gasteiger partial charge is 0.480 e. The molecule has 1 aliphatic rings. The lowest BCUT2D eigenvalue weighted by Crippen LogP contribution is -2.39. The number of fused-ring (bicyclic) bond motifs is 1. The molecule has 1 aromatic carbocycles. The number of carbonyl (C=O) groups is 2. The lowest BCUT2D eigenvalue weighted by molar-refractivity contribution is -0.149. The number of carboxylic acid groups (broad SMARTS) is 1. The third kappa shape index (κ3) is 2.15. The molecule has 1 unspecified atom stereocenters. The molecule has 6 nitrogen and oxygen atoms in total. The monoisotopic (exact) mass is 301 g/mol. The van der Waals surface area contributed by atoms with Crippen molar-refractivity contribution in [3.8, 4) is 0 Å². The maximum atomic E-state index is 12.2. The van der Waals surface area contributed by atoms with Gasteiger partial charge in [0.2, 0.25) is 5.91 Å². The molecule has 0 saturated heterocycles. The predicted molar refractivity (Wildman–Crippen MR) is 81.3 cm³/mol. The summed E-state index contributed by atoms with van der Waals surface area (Å²) in [4.78, 5) is 28.0. The Morgan fingerprint density at radius 3 is 2.68 bits per heavy atom. The van der Waals surface area contributed by atoms with Gasteiger partial charge >= 0.3 is 5.97 Å². The highest BCUT2D eigenvalue weighted by Crippen LogP contribution is 2.46. The van der Waals surface area contributed by atoms with E-state index in [4.69, 9.17) is 0 Å². The van der Waals surface area contributed by atoms with Gasteiger partial charge in [-0.25, -0.2) is 4.98 Å². The normalized spacial score (nSPS) is 17.2. The molecular formula is C16H19N3O3. The number of aromatic nitrogens is 2. The summed E-state index contributed by atoms with van der Waals surface area (Å²) in [5, 5.41) is 12.0. The summed E-state index contributed by atoms with van der Waals surface area (Å²) < 4.78 is 2.04. The van der Waals surface area contributed by atoms with Crippen LogP contribution in [0.3, 0.4) is 0 Å². The van der Waals surface area contributed by atoms with E-state index in [1.165, 1.54) is 0 Å². The average Bonchev–Trinajstić information content (AvgIpc) is 3.23. The van der Waals surface area contributed by atoms with Gasteiger partial charge in [-0.3, -0.25) is 9.59 Å². The third-order valence-electron chi connectivity index (χ3n) is 4.33. The van der Waals surface area contributed by atoms with Crippen molar-refractivity contribution in [1.29, 1.82) is 0 Å². The van der Waals surface area contributed by atoms with Crippen LogP contribution >= 0.6 is 0 Å². The molecule has 3 rings (SSSR count). The number of benzene rings is 1. The van der Waals surface area contributed by atoms with E-state index < -0.39 is 17.3 Å². The number of imidazole rings is 1. The lowest BCUT2D eigenvalue weighted by Gasteiger charge is -2.18. The molecule has 2 aromatic rings. The van der Waals surface area contributed by atoms with Crippen molar-refractivity contribution in [2.24, 2.45) is 5.41 Å². The number of nitrogens with zero attached hydrogens (tertiary/aromatic N) is 2. The second-order valence-electron chi connectivity index (χ2n) is 5.79. The van der Waals surface area contributed by atoms with Gasteiger partial charge in [-0.2, -0.15) is 0 Å². The first-order valence-corrected chi connectivity index (χ1v) is 7.49. The molecule has 1 heterocycles. The van der Waals surface area contributed by atoms with Crippen molar-refractivity contribution in [1.82, 2.24) is 14.9 Å². The molecule has 1 aliphatic carbocycles. The number of rotatable bonds is 5. The van der Waals surface area contributed by atoms with E-state index in [2.05, 4.69) is 10.3 Å². The highest BCUT2D eigenvalue weighted by molar-refractivity contribution is 6.04. The first kappa shape index (κ1) is 14.6. The van der Waals surface area contributed by atoms with Gasteiger partial charge in [-0.15, -0.1) is 0 Å². The van der Waals surface area contributed by atoms with Gasteiger partial charge < -0.3 is 15.0 Å². The number of amides is 1. The third-order valence-corrected chi connectivity index (χ3v) is 4.33. The maximum Gasteiger partial charge on any atom is 0.319 e. The minimum absolute atomic E-state index is 0.336. The second-order valence-corrected chi connectivity index (χ2v) is 5.79. The highest BCUT2D eigenvalue weighted by Gasteiger charge is 2.57. The summed E-state index contributed by atoms with van der Waals surface area (Å²) in [7, 11) is 0. The van der Waals surface area contributed by atoms with Gasteiger partial charge in [0.05, 0.1) is 17.1 Å². The van der Waals surface area contributed by atoms with E-state index in [-0.39, 0.29) is 6.04 Å². The van der Waals surface area contributed by atoms with Crippen molar-refractivity contribution in [3.05, 3.63) is 30.1 Å². The number of aliphatic carboxylic acids is 1. The molecule has 0 spiro atoms. The van der Waals surface area contributed by atoms with E-state index in [9.17, 15) is 14.7 Å². The summed E-state index contributed by atoms with van der Waals surface area (Å²) in [5.74, 6) is -0.707. The number of aryl methyl sites for hydroxylation is 1. The molecule has 0 aliphatic heterocycles. The smallest absolute Gasteiger partial charge is 0.319 e. The molecule has 0 radical (unpaired) electrons. The molecule has 1 atom stereocenters. The van der Waals surface area contributed by atoms with E-state index in [0.717, 1.165) is 23.4 Å². The van der Waals surface area contributed by atoms with Crippen LogP contribution in [-0.2, 0) is 16.1 Å². The van der Waals surface area contributed by atoms with E-state index in [1.54, 1.807) is 0 Å². The molecule has 1 fully saturated rings. The predicted octanol–water partition coefficient (Wildman–Crippen LogP) is 2.10. The van der Waals surface area contributed by atoms with Crippen LogP contribution in [0.2, 0.25) is 0 Å². The number of carbonyl (C=O) groups excluding carboxylic acids is 1. The van der Waals surface area contributed by atoms with Crippen molar-refractivity contribution >= 4 is 22.9 Å². The quantitative estimate of drug-likeness (QED) is 0.828. The van der Waals surface area contributed by atoms with Crippen LogP contribution in [-0.4, -0.2) is 26.5 Å². The number of carboxylic acids is 1. The van der Waals surface area contributed by atoms with E-state index in [1.807, 2.05) is 42.7 Å². The number of nitrogens with one attached hydrogen (secondary N) is 1. The zero-order chi connectivity index (χ0) is 15.9. The summed E-state index contributed by atoms with van der Waals surface area (Å²) in [6.45, 7) is 4.59. The molecule has 1 aromatic heterocycles. The van der Waals surface area contributed by atoms with Crippen LogP contribution in [0.1, 0.15) is 38.6 Å². The standard InChI is InChI=1S/C16H19N3O3/c1-3-19-12-7-5-4-6-11(12)18-13(19)10(2)17-14(20)16(8-9-16)15(21)22/h4-7,10H,3,8-9H2,1-2H3,(H,17,20)(H,21,22). The minimum Gasteiger partial charge on any atom is -0.480 e. The SMILES string of the molecule is CCn1c(C(C)NC(=O)C2(C(=O)O)CC2)nc2ccccc21. The van der Waals surface area contributed by atoms with Crippen molar-refractivity contribution in [3.63, 3.8) is 0 Å². The van der Waals surface area contributed by atoms with E-state index >= 15 is 0 Å². The fraction of sp³-hybridized carbons (Fsp3) is 0.438. The van der Waals surface area contributed by atoms with Crippen LogP contribution in [0, 0.1) is 5.41 Å². The first-order valence-electron chi connectivity index (χ1n) is 7.49. The van der Waals surface area contributed by atoms with Crippen molar-refractivity contribution in [2.45, 2.75) is 39.3 Å². The zero-order valence-corrected chi connectivity index (χ0v) is 12.7. The summed E-state index contributed by atoms with van der Waals surface area (Å²) in [5.41, 5.74) is 0.664. The Balaban J connectivity index is 1.88. The molecular weight excluding hydrogens is 282 g/mol. The lowest BCUT2D eigenvalue weighted by atomic mass is 10.1. The van der Waals surface area contributed by atoms with Crippen molar-refractivity contribution < 1.29 is 14.7 Å². The Labute approximate surface area is 128 Å². The van der Waals surface area contributed by atoms with Crippen LogP contribution in [0.25, 0.3) is 11.0 Å². The highest BCUT2D eigenvalue weighted by atomic mass is 16.4. The van der Waals surface area contributed by atoms with Gasteiger partial charge in [0.15, 0.2) is 0 Å². The van der Waals surface area contributed by atoms with Gasteiger partial charge in [-0.1, -0.05) is 12.1 Å². The minimum atomic E-state index is -1.22. The summed E-state index contributed by atoms with van der Waals surface area (Å²) in [6, 6.07) is 7.46. The Kier molecular flexibility index (Phi) is 3.39. The van der Waals surface area contributed by atoms with Crippen LogP contribution in [0.4, 0.5) is 0 Å². The Bertz CT molecular complexity index is 746. The first-order chi connectivity index (χ1) is 10.5. The van der Waals surface area contributed by atoms with E-state index in [0.29, 0.717) is 12.8 Å². The summed E-state index contributed by atoms with van der Waals surface area (Å²) >= 11 is 0. The maximum absolute atomic E-state index is 12.2. The topological polar surface area (TPSA) is 84.2 Å². The van der Waals surface area contributed by atoms with Crippen LogP contribution in [0.15, 0.2) is 24.3 Å². The molecule has 2 N–H and O–H groups in total. The fourth-order valence-electron chi connectivity index (χ4n) is 2.82. The van der Waals surface area contributed by atoms with Gasteiger partial charge in [0.25, 0.3) is 0 Å². The Morgan fingerprint density at radius 1 is 1.41 bits per heavy atom. The van der Waals surface area contributed by atoms with Crippen LogP contribution in [0.5, 0.6) is 0 Å². The summed E-state index contributed by atoms with van der Waals surface area (Å²) in [6.07, 6.45) is 0.816. The van der Waals surface area contributed by atoms with Gasteiger partial charge in [0, 0.05) is 6.54 Å². The number of para-hydroxylation sites is 2. The fourth-order valence-corrected chi connectivity index (χ4v) is 2.82. The van der Waals surface area contributed by atoms with Crippen LogP contribution < -0.4 is 5.32 Å². The number of hydrogen-bond acceptors (Lipinski definition) is 3. The molecule has 116 valence electrons. The Morgan fingerprint density at radius 2 is 2.09 bits per heavy atom. The van der Waals surface area contributed by atoms with Crippen molar-refractivity contribution in [2.75, 3.05) is 0 Å². The van der Waals surface area contributed by atoms with Gasteiger partial charge in [0.1, 0.15) is 11.2 Å². The Hall–Kier alpha value is -2.37. The molecule has 1 saturated carbocycles. The number of hydrogen-bond donors (Lipinski definition) is 2. The zero-order valence-electron chi connectivity index (χ0n) is 12.7. The second kappa shape index (κ2) is 5.12. The molecule has 6 heteroatoms. The average molecular weight is 301 g/mol. The van der Waals surface area contributed by atoms with Gasteiger partial charge in [-0.05, 0) is 38.8 Å².